The molecule has 0 unspecified atom stereocenters. The van der Waals surface area contributed by atoms with Crippen LogP contribution in [0.1, 0.15) is 40.2 Å². The van der Waals surface area contributed by atoms with Crippen LogP contribution >= 0.6 is 0 Å². The number of aromatic nitrogens is 2. The standard InChI is InChI=1S/C12H22N2O2/c1-10(2)14-9-11(8-13-14)16-7-6-12(3,4)15-5/h8-10H,6-7H2,1-5H3. The molecule has 0 atom stereocenters. The largest absolute Gasteiger partial charge is 0.490 e. The maximum absolute atomic E-state index is 5.61. The molecule has 0 saturated carbocycles. The van der Waals surface area contributed by atoms with Gasteiger partial charge in [-0.2, -0.15) is 5.10 Å². The first-order valence-corrected chi connectivity index (χ1v) is 5.67. The van der Waals surface area contributed by atoms with Crippen molar-refractivity contribution in [1.82, 2.24) is 9.78 Å². The van der Waals surface area contributed by atoms with Gasteiger partial charge in [0.15, 0.2) is 5.75 Å². The van der Waals surface area contributed by atoms with Crippen LogP contribution in [-0.2, 0) is 4.74 Å². The van der Waals surface area contributed by atoms with Crippen LogP contribution in [0.25, 0.3) is 0 Å². The molecule has 4 heteroatoms. The van der Waals surface area contributed by atoms with Crippen molar-refractivity contribution in [2.45, 2.75) is 45.8 Å². The molecule has 1 rings (SSSR count). The number of hydrogen-bond acceptors (Lipinski definition) is 3. The second-order valence-corrected chi connectivity index (χ2v) is 4.81. The van der Waals surface area contributed by atoms with Crippen molar-refractivity contribution in [2.75, 3.05) is 13.7 Å². The monoisotopic (exact) mass is 226 g/mol. The van der Waals surface area contributed by atoms with E-state index in [-0.39, 0.29) is 5.60 Å². The maximum Gasteiger partial charge on any atom is 0.157 e. The molecule has 0 fully saturated rings. The molecular formula is C12H22N2O2. The number of rotatable bonds is 6. The van der Waals surface area contributed by atoms with Gasteiger partial charge in [0.05, 0.1) is 24.6 Å². The Hall–Kier alpha value is -1.03. The quantitative estimate of drug-likeness (QED) is 0.748. The smallest absolute Gasteiger partial charge is 0.157 e. The molecular weight excluding hydrogens is 204 g/mol. The average Bonchev–Trinajstić information content (AvgIpc) is 2.66. The molecule has 0 aliphatic rings. The summed E-state index contributed by atoms with van der Waals surface area (Å²) in [5.74, 6) is 0.820. The molecule has 0 saturated heterocycles. The van der Waals surface area contributed by atoms with E-state index >= 15 is 0 Å². The van der Waals surface area contributed by atoms with E-state index in [2.05, 4.69) is 18.9 Å². The fourth-order valence-corrected chi connectivity index (χ4v) is 1.19. The zero-order valence-corrected chi connectivity index (χ0v) is 10.9. The normalized spacial score (nSPS) is 12.1. The molecule has 0 aliphatic heterocycles. The van der Waals surface area contributed by atoms with Gasteiger partial charge < -0.3 is 9.47 Å². The Morgan fingerprint density at radius 1 is 1.44 bits per heavy atom. The topological polar surface area (TPSA) is 36.3 Å². The first-order valence-electron chi connectivity index (χ1n) is 5.67. The molecule has 16 heavy (non-hydrogen) atoms. The van der Waals surface area contributed by atoms with Gasteiger partial charge in [-0.1, -0.05) is 0 Å². The maximum atomic E-state index is 5.61. The average molecular weight is 226 g/mol. The molecule has 0 amide bonds. The third kappa shape index (κ3) is 3.85. The number of ether oxygens (including phenoxy) is 2. The van der Waals surface area contributed by atoms with E-state index in [0.29, 0.717) is 12.6 Å². The van der Waals surface area contributed by atoms with Crippen LogP contribution in [0.4, 0.5) is 0 Å². The summed E-state index contributed by atoms with van der Waals surface area (Å²) < 4.78 is 12.8. The first-order chi connectivity index (χ1) is 7.44. The molecule has 0 aromatic carbocycles. The van der Waals surface area contributed by atoms with Gasteiger partial charge in [0.1, 0.15) is 0 Å². The van der Waals surface area contributed by atoms with Gasteiger partial charge in [-0.15, -0.1) is 0 Å². The van der Waals surface area contributed by atoms with E-state index < -0.39 is 0 Å². The van der Waals surface area contributed by atoms with Crippen molar-refractivity contribution in [1.29, 1.82) is 0 Å². The van der Waals surface area contributed by atoms with Gasteiger partial charge in [-0.05, 0) is 27.7 Å². The van der Waals surface area contributed by atoms with Gasteiger partial charge in [0.2, 0.25) is 0 Å². The Morgan fingerprint density at radius 3 is 2.62 bits per heavy atom. The molecule has 0 aliphatic carbocycles. The first kappa shape index (κ1) is 13.0. The molecule has 92 valence electrons. The van der Waals surface area contributed by atoms with Crippen LogP contribution in [0.15, 0.2) is 12.4 Å². The van der Waals surface area contributed by atoms with Crippen LogP contribution in [0, 0.1) is 0 Å². The lowest BCUT2D eigenvalue weighted by Gasteiger charge is -2.22. The Bertz CT molecular complexity index is 319. The summed E-state index contributed by atoms with van der Waals surface area (Å²) >= 11 is 0. The second-order valence-electron chi connectivity index (χ2n) is 4.81. The molecule has 1 aromatic rings. The zero-order chi connectivity index (χ0) is 12.2. The summed E-state index contributed by atoms with van der Waals surface area (Å²) in [6.45, 7) is 8.92. The van der Waals surface area contributed by atoms with Crippen molar-refractivity contribution in [2.24, 2.45) is 0 Å². The summed E-state index contributed by atoms with van der Waals surface area (Å²) in [6, 6.07) is 0.368. The summed E-state index contributed by atoms with van der Waals surface area (Å²) in [5.41, 5.74) is -0.131. The third-order valence-electron chi connectivity index (χ3n) is 2.63. The Kier molecular flexibility index (Phi) is 4.35. The predicted octanol–water partition coefficient (Wildman–Crippen LogP) is 2.66. The molecule has 0 radical (unpaired) electrons. The van der Waals surface area contributed by atoms with Crippen LogP contribution in [-0.4, -0.2) is 29.1 Å². The van der Waals surface area contributed by atoms with Crippen molar-refractivity contribution in [3.63, 3.8) is 0 Å². The lowest BCUT2D eigenvalue weighted by molar-refractivity contribution is 0.00544. The molecule has 1 aromatic heterocycles. The summed E-state index contributed by atoms with van der Waals surface area (Å²) in [6.07, 6.45) is 4.53. The lowest BCUT2D eigenvalue weighted by Crippen LogP contribution is -2.25. The van der Waals surface area contributed by atoms with E-state index in [1.165, 1.54) is 0 Å². The van der Waals surface area contributed by atoms with E-state index in [1.54, 1.807) is 13.3 Å². The van der Waals surface area contributed by atoms with Gasteiger partial charge in [-0.3, -0.25) is 4.68 Å². The van der Waals surface area contributed by atoms with Crippen molar-refractivity contribution in [3.05, 3.63) is 12.4 Å². The highest BCUT2D eigenvalue weighted by Gasteiger charge is 2.16. The van der Waals surface area contributed by atoms with E-state index in [9.17, 15) is 0 Å². The van der Waals surface area contributed by atoms with E-state index in [0.717, 1.165) is 12.2 Å². The molecule has 4 nitrogen and oxygen atoms in total. The minimum Gasteiger partial charge on any atom is -0.490 e. The number of methoxy groups -OCH3 is 1. The van der Waals surface area contributed by atoms with Crippen LogP contribution in [0.3, 0.4) is 0 Å². The predicted molar refractivity (Wildman–Crippen MR) is 63.8 cm³/mol. The van der Waals surface area contributed by atoms with Gasteiger partial charge in [0.25, 0.3) is 0 Å². The highest BCUT2D eigenvalue weighted by atomic mass is 16.5. The minimum absolute atomic E-state index is 0.131. The lowest BCUT2D eigenvalue weighted by atomic mass is 10.1. The van der Waals surface area contributed by atoms with Crippen molar-refractivity contribution >= 4 is 0 Å². The fraction of sp³-hybridized carbons (Fsp3) is 0.750. The minimum atomic E-state index is -0.131. The zero-order valence-electron chi connectivity index (χ0n) is 10.9. The molecule has 0 spiro atoms. The summed E-state index contributed by atoms with van der Waals surface area (Å²) in [5, 5.41) is 4.21. The van der Waals surface area contributed by atoms with E-state index in [4.69, 9.17) is 9.47 Å². The number of nitrogens with zero attached hydrogens (tertiary/aromatic N) is 2. The second kappa shape index (κ2) is 5.34. The fourth-order valence-electron chi connectivity index (χ4n) is 1.19. The Labute approximate surface area is 97.6 Å². The molecule has 0 N–H and O–H groups in total. The molecule has 0 bridgehead atoms. The summed E-state index contributed by atoms with van der Waals surface area (Å²) in [4.78, 5) is 0. The van der Waals surface area contributed by atoms with Crippen molar-refractivity contribution < 1.29 is 9.47 Å². The van der Waals surface area contributed by atoms with E-state index in [1.807, 2.05) is 24.7 Å². The Morgan fingerprint density at radius 2 is 2.12 bits per heavy atom. The van der Waals surface area contributed by atoms with Crippen LogP contribution in [0.5, 0.6) is 5.75 Å². The highest BCUT2D eigenvalue weighted by molar-refractivity contribution is 5.11. The van der Waals surface area contributed by atoms with Gasteiger partial charge in [-0.25, -0.2) is 0 Å². The molecule has 1 heterocycles. The van der Waals surface area contributed by atoms with Crippen LogP contribution in [0.2, 0.25) is 0 Å². The summed E-state index contributed by atoms with van der Waals surface area (Å²) in [7, 11) is 1.72. The SMILES string of the molecule is COC(C)(C)CCOc1cnn(C(C)C)c1. The van der Waals surface area contributed by atoms with Crippen LogP contribution < -0.4 is 4.74 Å². The van der Waals surface area contributed by atoms with Gasteiger partial charge in [0, 0.05) is 19.6 Å². The van der Waals surface area contributed by atoms with Gasteiger partial charge >= 0.3 is 0 Å². The van der Waals surface area contributed by atoms with Crippen molar-refractivity contribution in [3.8, 4) is 5.75 Å². The Balaban J connectivity index is 2.37. The number of hydrogen-bond donors (Lipinski definition) is 0. The third-order valence-corrected chi connectivity index (χ3v) is 2.63. The highest BCUT2D eigenvalue weighted by Crippen LogP contribution is 2.16.